The molecule has 2 rings (SSSR count). The first-order valence-corrected chi connectivity index (χ1v) is 6.42. The predicted octanol–water partition coefficient (Wildman–Crippen LogP) is 4.10. The molecule has 0 spiro atoms. The maximum absolute atomic E-state index is 13.4. The molecule has 5 heteroatoms. The molecule has 1 heterocycles. The highest BCUT2D eigenvalue weighted by molar-refractivity contribution is 9.09. The second-order valence-electron chi connectivity index (χ2n) is 3.31. The Morgan fingerprint density at radius 1 is 1.38 bits per heavy atom. The number of benzene rings is 1. The van der Waals surface area contributed by atoms with Gasteiger partial charge in [0.15, 0.2) is 0 Å². The lowest BCUT2D eigenvalue weighted by Crippen LogP contribution is -1.97. The summed E-state index contributed by atoms with van der Waals surface area (Å²) in [6, 6.07) is 3.65. The van der Waals surface area contributed by atoms with Crippen LogP contribution in [0.5, 0.6) is 0 Å². The third kappa shape index (κ3) is 2.65. The van der Waals surface area contributed by atoms with Crippen LogP contribution >= 0.6 is 27.3 Å². The quantitative estimate of drug-likeness (QED) is 0.778. The van der Waals surface area contributed by atoms with Crippen LogP contribution < -0.4 is 0 Å². The second-order valence-corrected chi connectivity index (χ2v) is 5.33. The highest BCUT2D eigenvalue weighted by atomic mass is 79.9. The van der Waals surface area contributed by atoms with Crippen molar-refractivity contribution in [3.8, 4) is 0 Å². The molecule has 0 aliphatic heterocycles. The zero-order valence-corrected chi connectivity index (χ0v) is 10.6. The summed E-state index contributed by atoms with van der Waals surface area (Å²) in [5.41, 5.74) is 2.22. The maximum Gasteiger partial charge on any atom is 0.129 e. The molecule has 0 fully saturated rings. The number of thiazole rings is 1. The molecule has 0 aliphatic rings. The van der Waals surface area contributed by atoms with E-state index in [0.717, 1.165) is 10.9 Å². The molecular weight excluding hydrogens is 296 g/mol. The van der Waals surface area contributed by atoms with Gasteiger partial charge in [0.05, 0.1) is 10.3 Å². The predicted molar refractivity (Wildman–Crippen MR) is 63.8 cm³/mol. The van der Waals surface area contributed by atoms with Crippen molar-refractivity contribution in [3.05, 3.63) is 52.0 Å². The number of aromatic nitrogens is 1. The van der Waals surface area contributed by atoms with E-state index in [0.29, 0.717) is 12.0 Å². The van der Waals surface area contributed by atoms with Gasteiger partial charge in [-0.05, 0) is 18.1 Å². The molecule has 1 atom stereocenters. The van der Waals surface area contributed by atoms with Crippen LogP contribution in [0.3, 0.4) is 0 Å². The fourth-order valence-corrected chi connectivity index (χ4v) is 2.75. The van der Waals surface area contributed by atoms with E-state index >= 15 is 0 Å². The fourth-order valence-electron chi connectivity index (χ4n) is 1.36. The standard InChI is InChI=1S/C11H8BrF2NS/c12-9(11-5-15-6-16-11)3-7-1-2-8(13)4-10(7)14/h1-2,4-6,9H,3H2. The van der Waals surface area contributed by atoms with Crippen molar-refractivity contribution >= 4 is 27.3 Å². The van der Waals surface area contributed by atoms with Crippen molar-refractivity contribution in [1.82, 2.24) is 4.98 Å². The first-order valence-electron chi connectivity index (χ1n) is 4.63. The molecule has 0 N–H and O–H groups in total. The molecule has 0 aliphatic carbocycles. The zero-order chi connectivity index (χ0) is 11.5. The molecular formula is C11H8BrF2NS. The molecule has 0 saturated carbocycles. The van der Waals surface area contributed by atoms with Crippen LogP contribution in [0.15, 0.2) is 29.9 Å². The molecule has 0 bridgehead atoms. The Labute approximate surface area is 104 Å². The summed E-state index contributed by atoms with van der Waals surface area (Å²) in [6.07, 6.45) is 2.22. The Hall–Kier alpha value is -0.810. The minimum Gasteiger partial charge on any atom is -0.253 e. The number of alkyl halides is 1. The van der Waals surface area contributed by atoms with Gasteiger partial charge in [-0.25, -0.2) is 8.78 Å². The summed E-state index contributed by atoms with van der Waals surface area (Å²) >= 11 is 4.97. The van der Waals surface area contributed by atoms with Gasteiger partial charge < -0.3 is 0 Å². The van der Waals surface area contributed by atoms with Gasteiger partial charge in [0.25, 0.3) is 0 Å². The monoisotopic (exact) mass is 303 g/mol. The van der Waals surface area contributed by atoms with Gasteiger partial charge in [-0.1, -0.05) is 22.0 Å². The Morgan fingerprint density at radius 3 is 2.81 bits per heavy atom. The Balaban J connectivity index is 2.15. The topological polar surface area (TPSA) is 12.9 Å². The Bertz CT molecular complexity index is 473. The molecule has 0 radical (unpaired) electrons. The highest BCUT2D eigenvalue weighted by Gasteiger charge is 2.13. The normalized spacial score (nSPS) is 12.7. The third-order valence-corrected chi connectivity index (χ3v) is 4.18. The number of nitrogens with zero attached hydrogens (tertiary/aromatic N) is 1. The van der Waals surface area contributed by atoms with Crippen molar-refractivity contribution in [2.45, 2.75) is 11.2 Å². The molecule has 84 valence electrons. The van der Waals surface area contributed by atoms with Crippen LogP contribution in [-0.2, 0) is 6.42 Å². The van der Waals surface area contributed by atoms with Gasteiger partial charge in [-0.2, -0.15) is 0 Å². The Morgan fingerprint density at radius 2 is 2.19 bits per heavy atom. The summed E-state index contributed by atoms with van der Waals surface area (Å²) < 4.78 is 26.1. The number of halogens is 3. The maximum atomic E-state index is 13.4. The summed E-state index contributed by atoms with van der Waals surface area (Å²) in [4.78, 5) is 5.00. The number of rotatable bonds is 3. The van der Waals surface area contributed by atoms with E-state index in [9.17, 15) is 8.78 Å². The summed E-state index contributed by atoms with van der Waals surface area (Å²) in [6.45, 7) is 0. The molecule has 1 aromatic heterocycles. The summed E-state index contributed by atoms with van der Waals surface area (Å²) in [7, 11) is 0. The van der Waals surface area contributed by atoms with Gasteiger partial charge in [0, 0.05) is 17.1 Å². The minimum absolute atomic E-state index is 0.0139. The average Bonchev–Trinajstić information content (AvgIpc) is 2.75. The van der Waals surface area contributed by atoms with E-state index in [1.54, 1.807) is 11.7 Å². The van der Waals surface area contributed by atoms with E-state index in [1.165, 1.54) is 23.5 Å². The van der Waals surface area contributed by atoms with Crippen molar-refractivity contribution < 1.29 is 8.78 Å². The van der Waals surface area contributed by atoms with Gasteiger partial charge in [-0.3, -0.25) is 4.98 Å². The molecule has 1 unspecified atom stereocenters. The molecule has 2 aromatic rings. The number of hydrogen-bond acceptors (Lipinski definition) is 2. The van der Waals surface area contributed by atoms with Gasteiger partial charge in [0.1, 0.15) is 11.6 Å². The van der Waals surface area contributed by atoms with Gasteiger partial charge in [-0.15, -0.1) is 11.3 Å². The first-order chi connectivity index (χ1) is 7.66. The average molecular weight is 304 g/mol. The largest absolute Gasteiger partial charge is 0.253 e. The number of hydrogen-bond donors (Lipinski definition) is 0. The van der Waals surface area contributed by atoms with Gasteiger partial charge in [0.2, 0.25) is 0 Å². The third-order valence-electron chi connectivity index (χ3n) is 2.17. The van der Waals surface area contributed by atoms with Crippen molar-refractivity contribution in [3.63, 3.8) is 0 Å². The van der Waals surface area contributed by atoms with E-state index in [2.05, 4.69) is 20.9 Å². The fraction of sp³-hybridized carbons (Fsp3) is 0.182. The van der Waals surface area contributed by atoms with E-state index in [-0.39, 0.29) is 4.83 Å². The summed E-state index contributed by atoms with van der Waals surface area (Å²) in [5, 5.41) is 0. The van der Waals surface area contributed by atoms with Crippen LogP contribution in [0.2, 0.25) is 0 Å². The molecule has 1 aromatic carbocycles. The van der Waals surface area contributed by atoms with Crippen LogP contribution in [0.4, 0.5) is 8.78 Å². The van der Waals surface area contributed by atoms with Crippen LogP contribution in [0.1, 0.15) is 15.3 Å². The van der Waals surface area contributed by atoms with E-state index in [4.69, 9.17) is 0 Å². The van der Waals surface area contributed by atoms with Crippen molar-refractivity contribution in [1.29, 1.82) is 0 Å². The lowest BCUT2D eigenvalue weighted by molar-refractivity contribution is 0.571. The second kappa shape index (κ2) is 5.01. The zero-order valence-electron chi connectivity index (χ0n) is 8.16. The lowest BCUT2D eigenvalue weighted by atomic mass is 10.1. The molecule has 1 nitrogen and oxygen atoms in total. The van der Waals surface area contributed by atoms with E-state index in [1.807, 2.05) is 0 Å². The summed E-state index contributed by atoms with van der Waals surface area (Å²) in [5.74, 6) is -1.06. The Kier molecular flexibility index (Phi) is 3.66. The molecule has 0 saturated heterocycles. The lowest BCUT2D eigenvalue weighted by Gasteiger charge is -2.08. The first kappa shape index (κ1) is 11.7. The minimum atomic E-state index is -0.551. The molecule has 16 heavy (non-hydrogen) atoms. The SMILES string of the molecule is Fc1ccc(CC(Br)c2cncs2)c(F)c1. The van der Waals surface area contributed by atoms with Crippen molar-refractivity contribution in [2.75, 3.05) is 0 Å². The smallest absolute Gasteiger partial charge is 0.129 e. The highest BCUT2D eigenvalue weighted by Crippen LogP contribution is 2.30. The van der Waals surface area contributed by atoms with Crippen LogP contribution in [0, 0.1) is 11.6 Å². The van der Waals surface area contributed by atoms with Gasteiger partial charge >= 0.3 is 0 Å². The van der Waals surface area contributed by atoms with E-state index < -0.39 is 11.6 Å². The molecule has 0 amide bonds. The van der Waals surface area contributed by atoms with Crippen LogP contribution in [0.25, 0.3) is 0 Å². The van der Waals surface area contributed by atoms with Crippen LogP contribution in [-0.4, -0.2) is 4.98 Å². The van der Waals surface area contributed by atoms with Crippen molar-refractivity contribution in [2.24, 2.45) is 0 Å².